The fourth-order valence-electron chi connectivity index (χ4n) is 2.68. The molecule has 2 rings (SSSR count). The Morgan fingerprint density at radius 3 is 2.96 bits per heavy atom. The first kappa shape index (κ1) is 19.5. The molecule has 0 radical (unpaired) electrons. The number of rotatable bonds is 7. The van der Waals surface area contributed by atoms with Gasteiger partial charge < -0.3 is 14.8 Å². The van der Waals surface area contributed by atoms with Crippen LogP contribution in [-0.4, -0.2) is 56.8 Å². The van der Waals surface area contributed by atoms with Crippen LogP contribution in [0, 0.1) is 0 Å². The molecule has 134 valence electrons. The van der Waals surface area contributed by atoms with Crippen LogP contribution >= 0.6 is 23.2 Å². The van der Waals surface area contributed by atoms with Crippen LogP contribution < -0.4 is 5.32 Å². The fourth-order valence-corrected chi connectivity index (χ4v) is 2.98. The van der Waals surface area contributed by atoms with Gasteiger partial charge in [-0.25, -0.2) is 0 Å². The molecule has 1 amide bonds. The van der Waals surface area contributed by atoms with E-state index in [4.69, 9.17) is 32.7 Å². The second kappa shape index (κ2) is 9.59. The summed E-state index contributed by atoms with van der Waals surface area (Å²) < 4.78 is 10.8. The molecule has 2 unspecified atom stereocenters. The number of nitrogens with zero attached hydrogens (tertiary/aromatic N) is 1. The van der Waals surface area contributed by atoms with Gasteiger partial charge in [0.05, 0.1) is 28.8 Å². The summed E-state index contributed by atoms with van der Waals surface area (Å²) in [6, 6.07) is 5.31. The second-order valence-corrected chi connectivity index (χ2v) is 6.66. The van der Waals surface area contributed by atoms with Crippen LogP contribution in [0.25, 0.3) is 0 Å². The Balaban J connectivity index is 1.91. The highest BCUT2D eigenvalue weighted by molar-refractivity contribution is 6.42. The number of halogens is 2. The predicted molar refractivity (Wildman–Crippen MR) is 95.7 cm³/mol. The summed E-state index contributed by atoms with van der Waals surface area (Å²) in [5.74, 6) is 0.0286. The summed E-state index contributed by atoms with van der Waals surface area (Å²) in [6.45, 7) is 5.13. The highest BCUT2D eigenvalue weighted by Gasteiger charge is 2.28. The van der Waals surface area contributed by atoms with E-state index in [1.165, 1.54) is 0 Å². The lowest BCUT2D eigenvalue weighted by Crippen LogP contribution is -2.50. The molecule has 0 saturated carbocycles. The fraction of sp³-hybridized carbons (Fsp3) is 0.588. The summed E-state index contributed by atoms with van der Waals surface area (Å²) in [5.41, 5.74) is 0.974. The van der Waals surface area contributed by atoms with Crippen LogP contribution in [0.5, 0.6) is 0 Å². The third kappa shape index (κ3) is 5.33. The number of nitrogens with one attached hydrogen (secondary N) is 1. The van der Waals surface area contributed by atoms with Crippen molar-refractivity contribution in [3.8, 4) is 0 Å². The molecule has 0 spiro atoms. The first-order valence-electron chi connectivity index (χ1n) is 8.10. The van der Waals surface area contributed by atoms with Crippen molar-refractivity contribution < 1.29 is 14.3 Å². The van der Waals surface area contributed by atoms with E-state index < -0.39 is 0 Å². The van der Waals surface area contributed by atoms with Gasteiger partial charge >= 0.3 is 0 Å². The largest absolute Gasteiger partial charge is 0.385 e. The Morgan fingerprint density at radius 2 is 2.25 bits per heavy atom. The smallest absolute Gasteiger partial charge is 0.237 e. The number of ether oxygens (including phenoxy) is 2. The summed E-state index contributed by atoms with van der Waals surface area (Å²) in [5, 5.41) is 3.98. The Labute approximate surface area is 153 Å². The molecule has 1 saturated heterocycles. The van der Waals surface area contributed by atoms with E-state index in [1.54, 1.807) is 13.2 Å². The number of amides is 1. The van der Waals surface area contributed by atoms with Crippen molar-refractivity contribution in [2.24, 2.45) is 0 Å². The minimum absolute atomic E-state index is 0.0286. The zero-order valence-corrected chi connectivity index (χ0v) is 15.6. The maximum atomic E-state index is 12.3. The van der Waals surface area contributed by atoms with Crippen LogP contribution in [-0.2, 0) is 14.3 Å². The van der Waals surface area contributed by atoms with Crippen molar-refractivity contribution in [1.82, 2.24) is 10.2 Å². The molecule has 0 aromatic heterocycles. The Kier molecular flexibility index (Phi) is 7.78. The van der Waals surface area contributed by atoms with Crippen molar-refractivity contribution in [2.45, 2.75) is 25.5 Å². The van der Waals surface area contributed by atoms with Gasteiger partial charge in [-0.3, -0.25) is 9.69 Å². The molecular weight excluding hydrogens is 351 g/mol. The van der Waals surface area contributed by atoms with Crippen LogP contribution in [0.4, 0.5) is 0 Å². The molecule has 1 heterocycles. The summed E-state index contributed by atoms with van der Waals surface area (Å²) in [4.78, 5) is 14.4. The number of benzene rings is 1. The van der Waals surface area contributed by atoms with Gasteiger partial charge in [0.25, 0.3) is 0 Å². The molecule has 1 aliphatic rings. The standard InChI is InChI=1S/C17H24Cl2N2O3/c1-12(17(22)20-6-3-8-23-2)21-7-9-24-16(11-21)13-4-5-14(18)15(19)10-13/h4-5,10,12,16H,3,6-9,11H2,1-2H3,(H,20,22). The molecule has 1 aliphatic heterocycles. The summed E-state index contributed by atoms with van der Waals surface area (Å²) in [6.07, 6.45) is 0.696. The van der Waals surface area contributed by atoms with Crippen molar-refractivity contribution >= 4 is 29.1 Å². The van der Waals surface area contributed by atoms with Gasteiger partial charge in [0.2, 0.25) is 5.91 Å². The van der Waals surface area contributed by atoms with E-state index in [2.05, 4.69) is 10.2 Å². The number of carbonyl (C=O) groups is 1. The van der Waals surface area contributed by atoms with E-state index in [0.717, 1.165) is 18.5 Å². The molecule has 0 aliphatic carbocycles. The molecule has 7 heteroatoms. The monoisotopic (exact) mass is 374 g/mol. The zero-order chi connectivity index (χ0) is 17.5. The van der Waals surface area contributed by atoms with Gasteiger partial charge in [0.1, 0.15) is 0 Å². The maximum Gasteiger partial charge on any atom is 0.237 e. The molecular formula is C17H24Cl2N2O3. The third-order valence-corrected chi connectivity index (χ3v) is 4.90. The molecule has 1 N–H and O–H groups in total. The first-order chi connectivity index (χ1) is 11.5. The van der Waals surface area contributed by atoms with Gasteiger partial charge in [0.15, 0.2) is 0 Å². The van der Waals surface area contributed by atoms with Crippen molar-refractivity contribution in [3.63, 3.8) is 0 Å². The summed E-state index contributed by atoms with van der Waals surface area (Å²) >= 11 is 12.1. The van der Waals surface area contributed by atoms with E-state index in [-0.39, 0.29) is 18.1 Å². The predicted octanol–water partition coefficient (Wildman–Crippen LogP) is 2.91. The van der Waals surface area contributed by atoms with Gasteiger partial charge in [-0.1, -0.05) is 29.3 Å². The quantitative estimate of drug-likeness (QED) is 0.745. The lowest BCUT2D eigenvalue weighted by Gasteiger charge is -2.36. The minimum atomic E-state index is -0.207. The van der Waals surface area contributed by atoms with E-state index >= 15 is 0 Å². The average Bonchev–Trinajstić information content (AvgIpc) is 2.60. The number of methoxy groups -OCH3 is 1. The molecule has 1 fully saturated rings. The van der Waals surface area contributed by atoms with Gasteiger partial charge in [-0.05, 0) is 31.0 Å². The lowest BCUT2D eigenvalue weighted by atomic mass is 10.1. The number of hydrogen-bond donors (Lipinski definition) is 1. The van der Waals surface area contributed by atoms with Crippen molar-refractivity contribution in [2.75, 3.05) is 40.0 Å². The van der Waals surface area contributed by atoms with E-state index in [1.807, 2.05) is 19.1 Å². The molecule has 1 aromatic carbocycles. The van der Waals surface area contributed by atoms with E-state index in [9.17, 15) is 4.79 Å². The lowest BCUT2D eigenvalue weighted by molar-refractivity contribution is -0.129. The summed E-state index contributed by atoms with van der Waals surface area (Å²) in [7, 11) is 1.65. The van der Waals surface area contributed by atoms with Crippen LogP contribution in [0.15, 0.2) is 18.2 Å². The Hall–Kier alpha value is -0.850. The first-order valence-corrected chi connectivity index (χ1v) is 8.85. The van der Waals surface area contributed by atoms with Crippen molar-refractivity contribution in [1.29, 1.82) is 0 Å². The topological polar surface area (TPSA) is 50.8 Å². The zero-order valence-electron chi connectivity index (χ0n) is 14.1. The number of carbonyl (C=O) groups excluding carboxylic acids is 1. The SMILES string of the molecule is COCCCNC(=O)C(C)N1CCOC(c2ccc(Cl)c(Cl)c2)C1. The molecule has 0 bridgehead atoms. The highest BCUT2D eigenvalue weighted by atomic mass is 35.5. The Morgan fingerprint density at radius 1 is 1.46 bits per heavy atom. The Bertz CT molecular complexity index is 557. The van der Waals surface area contributed by atoms with Gasteiger partial charge in [-0.15, -0.1) is 0 Å². The molecule has 5 nitrogen and oxygen atoms in total. The van der Waals surface area contributed by atoms with Crippen molar-refractivity contribution in [3.05, 3.63) is 33.8 Å². The third-order valence-electron chi connectivity index (χ3n) is 4.16. The van der Waals surface area contributed by atoms with Crippen LogP contribution in [0.3, 0.4) is 0 Å². The van der Waals surface area contributed by atoms with Gasteiger partial charge in [0, 0.05) is 33.4 Å². The highest BCUT2D eigenvalue weighted by Crippen LogP contribution is 2.29. The molecule has 2 atom stereocenters. The number of morpholine rings is 1. The minimum Gasteiger partial charge on any atom is -0.385 e. The maximum absolute atomic E-state index is 12.3. The molecule has 24 heavy (non-hydrogen) atoms. The average molecular weight is 375 g/mol. The normalized spacial score (nSPS) is 19.9. The molecule has 1 aromatic rings. The second-order valence-electron chi connectivity index (χ2n) is 5.84. The van der Waals surface area contributed by atoms with Gasteiger partial charge in [-0.2, -0.15) is 0 Å². The van der Waals surface area contributed by atoms with Crippen LogP contribution in [0.2, 0.25) is 10.0 Å². The number of hydrogen-bond acceptors (Lipinski definition) is 4. The van der Waals surface area contributed by atoms with Crippen LogP contribution in [0.1, 0.15) is 25.0 Å². The van der Waals surface area contributed by atoms with E-state index in [0.29, 0.717) is 36.3 Å².